The van der Waals surface area contributed by atoms with E-state index in [2.05, 4.69) is 5.32 Å². The van der Waals surface area contributed by atoms with Gasteiger partial charge in [-0.15, -0.1) is 0 Å². The Morgan fingerprint density at radius 2 is 1.38 bits per heavy atom. The summed E-state index contributed by atoms with van der Waals surface area (Å²) in [5.74, 6) is -0.330. The highest BCUT2D eigenvalue weighted by Gasteiger charge is 2.20. The average molecular weight is 432 g/mol. The molecule has 5 heteroatoms. The summed E-state index contributed by atoms with van der Waals surface area (Å²) in [4.78, 5) is 24.9. The molecule has 0 spiro atoms. The molecule has 0 saturated carbocycles. The van der Waals surface area contributed by atoms with Crippen molar-refractivity contribution in [3.05, 3.63) is 101 Å². The first-order valence-electron chi connectivity index (χ1n) is 10.7. The molecule has 3 aromatic rings. The lowest BCUT2D eigenvalue weighted by atomic mass is 9.98. The summed E-state index contributed by atoms with van der Waals surface area (Å²) >= 11 is 0. The minimum atomic E-state index is -0.555. The summed E-state index contributed by atoms with van der Waals surface area (Å²) in [5.41, 5.74) is 3.50. The predicted octanol–water partition coefficient (Wildman–Crippen LogP) is 6.18. The van der Waals surface area contributed by atoms with Gasteiger partial charge in [-0.2, -0.15) is 0 Å². The van der Waals surface area contributed by atoms with Crippen molar-refractivity contribution in [2.45, 2.75) is 45.8 Å². The van der Waals surface area contributed by atoms with Crippen LogP contribution in [0.3, 0.4) is 0 Å². The third kappa shape index (κ3) is 6.98. The molecule has 0 aliphatic rings. The van der Waals surface area contributed by atoms with Gasteiger partial charge < -0.3 is 9.47 Å². The number of carbonyl (C=O) groups is 2. The summed E-state index contributed by atoms with van der Waals surface area (Å²) in [6.07, 6.45) is 0.776. The van der Waals surface area contributed by atoms with Gasteiger partial charge in [0.1, 0.15) is 12.2 Å². The molecular formula is C27H29NO4. The zero-order valence-corrected chi connectivity index (χ0v) is 18.8. The molecule has 5 nitrogen and oxygen atoms in total. The summed E-state index contributed by atoms with van der Waals surface area (Å²) < 4.78 is 10.9. The van der Waals surface area contributed by atoms with Crippen molar-refractivity contribution in [1.29, 1.82) is 0 Å². The van der Waals surface area contributed by atoms with Crippen molar-refractivity contribution in [1.82, 2.24) is 0 Å². The lowest BCUT2D eigenvalue weighted by molar-refractivity contribution is 0.00683. The molecule has 0 atom stereocenters. The molecule has 0 saturated heterocycles. The van der Waals surface area contributed by atoms with Crippen LogP contribution in [-0.4, -0.2) is 17.7 Å². The summed E-state index contributed by atoms with van der Waals surface area (Å²) in [7, 11) is 0. The van der Waals surface area contributed by atoms with E-state index in [1.54, 1.807) is 6.07 Å². The van der Waals surface area contributed by atoms with Crippen LogP contribution in [0.2, 0.25) is 0 Å². The number of para-hydroxylation sites is 1. The Kier molecular flexibility index (Phi) is 7.66. The number of benzene rings is 3. The standard InChI is InChI=1S/C27H29NO4/c1-27(2,3)32-25(29)23-15-9-7-13-21(23)17-18-22-14-8-10-16-24(22)28-26(30)31-19-20-11-5-4-6-12-20/h4-16H,17-19H2,1-3H3,(H,28,30). The number of esters is 1. The second kappa shape index (κ2) is 10.6. The van der Waals surface area contributed by atoms with Crippen molar-refractivity contribution >= 4 is 17.7 Å². The molecule has 0 heterocycles. The molecule has 166 valence electrons. The first-order valence-corrected chi connectivity index (χ1v) is 10.7. The van der Waals surface area contributed by atoms with E-state index >= 15 is 0 Å². The maximum absolute atomic E-state index is 12.6. The normalized spacial score (nSPS) is 11.0. The Balaban J connectivity index is 1.65. The average Bonchev–Trinajstić information content (AvgIpc) is 2.77. The van der Waals surface area contributed by atoms with Gasteiger partial charge in [0.05, 0.1) is 5.56 Å². The van der Waals surface area contributed by atoms with Crippen LogP contribution >= 0.6 is 0 Å². The van der Waals surface area contributed by atoms with E-state index in [9.17, 15) is 9.59 Å². The van der Waals surface area contributed by atoms with Crippen LogP contribution in [0.4, 0.5) is 10.5 Å². The van der Waals surface area contributed by atoms with E-state index < -0.39 is 11.7 Å². The number of amides is 1. The SMILES string of the molecule is CC(C)(C)OC(=O)c1ccccc1CCc1ccccc1NC(=O)OCc1ccccc1. The van der Waals surface area contributed by atoms with Crippen LogP contribution in [0.15, 0.2) is 78.9 Å². The highest BCUT2D eigenvalue weighted by Crippen LogP contribution is 2.21. The van der Waals surface area contributed by atoms with Gasteiger partial charge in [0.2, 0.25) is 0 Å². The molecule has 1 amide bonds. The van der Waals surface area contributed by atoms with Crippen LogP contribution < -0.4 is 5.32 Å². The molecule has 0 radical (unpaired) electrons. The van der Waals surface area contributed by atoms with E-state index in [4.69, 9.17) is 9.47 Å². The van der Waals surface area contributed by atoms with E-state index in [-0.39, 0.29) is 12.6 Å². The monoisotopic (exact) mass is 431 g/mol. The van der Waals surface area contributed by atoms with Crippen LogP contribution in [0.25, 0.3) is 0 Å². The smallest absolute Gasteiger partial charge is 0.411 e. The third-order valence-electron chi connectivity index (χ3n) is 4.77. The molecule has 1 N–H and O–H groups in total. The maximum atomic E-state index is 12.6. The van der Waals surface area contributed by atoms with Gasteiger partial charge in [-0.05, 0) is 62.4 Å². The van der Waals surface area contributed by atoms with Crippen LogP contribution in [0, 0.1) is 0 Å². The Labute approximate surface area is 189 Å². The van der Waals surface area contributed by atoms with Gasteiger partial charge in [-0.25, -0.2) is 9.59 Å². The van der Waals surface area contributed by atoms with Crippen molar-refractivity contribution in [2.24, 2.45) is 0 Å². The summed E-state index contributed by atoms with van der Waals surface area (Å²) in [6.45, 7) is 5.77. The third-order valence-corrected chi connectivity index (χ3v) is 4.77. The molecule has 32 heavy (non-hydrogen) atoms. The van der Waals surface area contributed by atoms with Gasteiger partial charge in [-0.3, -0.25) is 5.32 Å². The van der Waals surface area contributed by atoms with Gasteiger partial charge in [0, 0.05) is 5.69 Å². The number of rotatable bonds is 7. The van der Waals surface area contributed by atoms with Crippen molar-refractivity contribution in [3.8, 4) is 0 Å². The highest BCUT2D eigenvalue weighted by atomic mass is 16.6. The molecule has 0 unspecified atom stereocenters. The molecule has 3 aromatic carbocycles. The zero-order valence-electron chi connectivity index (χ0n) is 18.8. The Hall–Kier alpha value is -3.60. The Morgan fingerprint density at radius 1 is 0.781 bits per heavy atom. The number of aryl methyl sites for hydroxylation is 2. The first kappa shape index (κ1) is 23.1. The maximum Gasteiger partial charge on any atom is 0.411 e. The van der Waals surface area contributed by atoms with Crippen LogP contribution in [0.1, 0.15) is 47.8 Å². The Morgan fingerprint density at radius 3 is 2.09 bits per heavy atom. The van der Waals surface area contributed by atoms with E-state index in [1.165, 1.54) is 0 Å². The van der Waals surface area contributed by atoms with Gasteiger partial charge in [-0.1, -0.05) is 66.7 Å². The fraction of sp³-hybridized carbons (Fsp3) is 0.259. The number of carbonyl (C=O) groups excluding carboxylic acids is 2. The summed E-state index contributed by atoms with van der Waals surface area (Å²) in [5, 5.41) is 2.83. The van der Waals surface area contributed by atoms with Gasteiger partial charge in [0.25, 0.3) is 0 Å². The first-order chi connectivity index (χ1) is 15.3. The fourth-order valence-corrected chi connectivity index (χ4v) is 3.27. The minimum absolute atomic E-state index is 0.206. The number of hydrogen-bond donors (Lipinski definition) is 1. The molecule has 0 aliphatic heterocycles. The molecular weight excluding hydrogens is 402 g/mol. The van der Waals surface area contributed by atoms with E-state index in [1.807, 2.05) is 93.6 Å². The molecule has 3 rings (SSSR count). The van der Waals surface area contributed by atoms with E-state index in [0.717, 1.165) is 16.7 Å². The topological polar surface area (TPSA) is 64.6 Å². The fourth-order valence-electron chi connectivity index (χ4n) is 3.27. The largest absolute Gasteiger partial charge is 0.456 e. The molecule has 0 aliphatic carbocycles. The molecule has 0 aromatic heterocycles. The number of ether oxygens (including phenoxy) is 2. The quantitative estimate of drug-likeness (QED) is 0.454. The number of hydrogen-bond acceptors (Lipinski definition) is 4. The predicted molar refractivity (Wildman–Crippen MR) is 126 cm³/mol. The van der Waals surface area contributed by atoms with Crippen molar-refractivity contribution < 1.29 is 19.1 Å². The van der Waals surface area contributed by atoms with Crippen LogP contribution in [0.5, 0.6) is 0 Å². The minimum Gasteiger partial charge on any atom is -0.456 e. The van der Waals surface area contributed by atoms with Gasteiger partial charge >= 0.3 is 12.1 Å². The van der Waals surface area contributed by atoms with E-state index in [0.29, 0.717) is 24.1 Å². The number of anilines is 1. The Bertz CT molecular complexity index is 1050. The van der Waals surface area contributed by atoms with Gasteiger partial charge in [0.15, 0.2) is 0 Å². The second-order valence-electron chi connectivity index (χ2n) is 8.50. The number of nitrogens with one attached hydrogen (secondary N) is 1. The van der Waals surface area contributed by atoms with Crippen molar-refractivity contribution in [2.75, 3.05) is 5.32 Å². The highest BCUT2D eigenvalue weighted by molar-refractivity contribution is 5.91. The lowest BCUT2D eigenvalue weighted by Crippen LogP contribution is -2.24. The zero-order chi connectivity index (χ0) is 23.0. The molecule has 0 bridgehead atoms. The molecule has 0 fully saturated rings. The summed E-state index contributed by atoms with van der Waals surface area (Å²) in [6, 6.07) is 24.6. The second-order valence-corrected chi connectivity index (χ2v) is 8.50. The van der Waals surface area contributed by atoms with Crippen molar-refractivity contribution in [3.63, 3.8) is 0 Å². The lowest BCUT2D eigenvalue weighted by Gasteiger charge is -2.20. The van der Waals surface area contributed by atoms with Crippen LogP contribution in [-0.2, 0) is 28.9 Å².